The Bertz CT molecular complexity index is 150. The quantitative estimate of drug-likeness (QED) is 0.709. The zero-order valence-corrected chi connectivity index (χ0v) is 11.5. The summed E-state index contributed by atoms with van der Waals surface area (Å²) in [5.74, 6) is 0. The number of rotatable bonds is 2. The van der Waals surface area contributed by atoms with Crippen LogP contribution in [-0.2, 0) is 37.4 Å². The summed E-state index contributed by atoms with van der Waals surface area (Å²) in [6, 6.07) is 0. The van der Waals surface area contributed by atoms with Crippen molar-refractivity contribution in [2.24, 2.45) is 0 Å². The van der Waals surface area contributed by atoms with Gasteiger partial charge in [0.25, 0.3) is 0 Å². The Morgan fingerprint density at radius 2 is 1.69 bits per heavy atom. The molecule has 0 aromatic carbocycles. The van der Waals surface area contributed by atoms with Crippen molar-refractivity contribution in [2.45, 2.75) is 26.4 Å². The maximum atomic E-state index is 11.2. The number of nitrogens with zero attached hydrogens (tertiary/aromatic N) is 1. The molecule has 0 N–H and O–H groups in total. The van der Waals surface area contributed by atoms with E-state index in [0.29, 0.717) is 13.1 Å². The number of ether oxygens (including phenoxy) is 1. The third-order valence-corrected chi connectivity index (χ3v) is 1.19. The molecule has 0 heterocycles. The second-order valence-corrected chi connectivity index (χ2v) is 3.47. The molecule has 75 valence electrons. The Labute approximate surface area is 106 Å². The Morgan fingerprint density at radius 3 is 1.92 bits per heavy atom. The van der Waals surface area contributed by atoms with E-state index in [1.807, 2.05) is 20.8 Å². The molecule has 0 aromatic heterocycles. The Balaban J connectivity index is 0. The molecule has 1 amide bonds. The van der Waals surface area contributed by atoms with Crippen LogP contribution in [0.5, 0.6) is 0 Å². The molecular weight excluding hydrogens is 243 g/mol. The van der Waals surface area contributed by atoms with Crippen LogP contribution in [0.2, 0.25) is 0 Å². The minimum atomic E-state index is -0.445. The maximum Gasteiger partial charge on any atom is 0.405 e. The van der Waals surface area contributed by atoms with E-state index in [1.165, 1.54) is 4.90 Å². The third kappa shape index (κ3) is 7.45. The van der Waals surface area contributed by atoms with Crippen LogP contribution in [0, 0.1) is 13.8 Å². The zero-order valence-electron chi connectivity index (χ0n) is 8.67. The average Bonchev–Trinajstić information content (AvgIpc) is 1.85. The first-order valence-electron chi connectivity index (χ1n) is 3.97. The second-order valence-electron chi connectivity index (χ2n) is 3.47. The van der Waals surface area contributed by atoms with Crippen molar-refractivity contribution in [1.82, 2.24) is 4.90 Å². The average molecular weight is 260 g/mol. The summed E-state index contributed by atoms with van der Waals surface area (Å²) in [7, 11) is 0. The monoisotopic (exact) mass is 260 g/mol. The van der Waals surface area contributed by atoms with Crippen LogP contribution in [0.25, 0.3) is 0 Å². The molecule has 0 aliphatic heterocycles. The van der Waals surface area contributed by atoms with Gasteiger partial charge in [0.15, 0.2) is 0 Å². The van der Waals surface area contributed by atoms with Crippen LogP contribution in [-0.4, -0.2) is 29.7 Å². The van der Waals surface area contributed by atoms with Gasteiger partial charge in [-0.1, -0.05) is 0 Å². The van der Waals surface area contributed by atoms with Crippen molar-refractivity contribution in [1.29, 1.82) is 0 Å². The first-order valence-corrected chi connectivity index (χ1v) is 3.97. The van der Waals surface area contributed by atoms with Gasteiger partial charge in [-0.3, -0.25) is 0 Å². The minimum Gasteiger partial charge on any atom is -0.444 e. The van der Waals surface area contributed by atoms with Crippen LogP contribution in [0.1, 0.15) is 20.8 Å². The zero-order chi connectivity index (χ0) is 9.78. The second kappa shape index (κ2) is 6.77. The Hall–Kier alpha value is 0.374. The summed E-state index contributed by atoms with van der Waals surface area (Å²) in [5.41, 5.74) is -0.445. The fraction of sp³-hybridized carbons (Fsp3) is 0.667. The van der Waals surface area contributed by atoms with Gasteiger partial charge in [0.05, 0.1) is 0 Å². The van der Waals surface area contributed by atoms with Crippen molar-refractivity contribution >= 4 is 6.09 Å². The number of carbonyl (C=O) groups excluding carboxylic acids is 1. The minimum absolute atomic E-state index is 0. The summed E-state index contributed by atoms with van der Waals surface area (Å²) in [6.07, 6.45) is -0.354. The predicted molar refractivity (Wildman–Crippen MR) is 48.5 cm³/mol. The molecule has 0 aliphatic carbocycles. The van der Waals surface area contributed by atoms with Gasteiger partial charge in [-0.2, -0.15) is 0 Å². The van der Waals surface area contributed by atoms with Crippen molar-refractivity contribution in [3.8, 4) is 0 Å². The van der Waals surface area contributed by atoms with Gasteiger partial charge in [-0.25, -0.2) is 4.79 Å². The molecule has 0 fully saturated rings. The molecular formula is C9H17NO2Y-2. The van der Waals surface area contributed by atoms with E-state index in [4.69, 9.17) is 4.74 Å². The van der Waals surface area contributed by atoms with Gasteiger partial charge in [0.2, 0.25) is 0 Å². The maximum absolute atomic E-state index is 11.2. The molecule has 0 bridgehead atoms. The van der Waals surface area contributed by atoms with E-state index < -0.39 is 5.60 Å². The van der Waals surface area contributed by atoms with Gasteiger partial charge < -0.3 is 23.5 Å². The van der Waals surface area contributed by atoms with Crippen LogP contribution >= 0.6 is 0 Å². The molecule has 0 unspecified atom stereocenters. The summed E-state index contributed by atoms with van der Waals surface area (Å²) in [4.78, 5) is 12.7. The molecule has 0 aromatic rings. The number of hydrogen-bond donors (Lipinski definition) is 0. The van der Waals surface area contributed by atoms with Crippen LogP contribution < -0.4 is 0 Å². The third-order valence-electron chi connectivity index (χ3n) is 1.19. The Morgan fingerprint density at radius 1 is 1.31 bits per heavy atom. The molecule has 3 nitrogen and oxygen atoms in total. The first kappa shape index (κ1) is 15.8. The predicted octanol–water partition coefficient (Wildman–Crippen LogP) is 1.89. The van der Waals surface area contributed by atoms with E-state index in [-0.39, 0.29) is 38.8 Å². The fourth-order valence-electron chi connectivity index (χ4n) is 0.621. The van der Waals surface area contributed by atoms with Gasteiger partial charge in [0.1, 0.15) is 5.60 Å². The van der Waals surface area contributed by atoms with E-state index in [2.05, 4.69) is 13.8 Å². The normalized spacial score (nSPS) is 10.2. The van der Waals surface area contributed by atoms with E-state index >= 15 is 0 Å². The van der Waals surface area contributed by atoms with Crippen LogP contribution in [0.3, 0.4) is 0 Å². The molecule has 0 rings (SSSR count). The van der Waals surface area contributed by atoms with E-state index in [0.717, 1.165) is 0 Å². The van der Waals surface area contributed by atoms with Crippen molar-refractivity contribution in [2.75, 3.05) is 13.1 Å². The SMILES string of the molecule is [CH2-]CN(C[CH2-])C(=O)OC(C)(C)C.[Y]. The summed E-state index contributed by atoms with van der Waals surface area (Å²) >= 11 is 0. The Kier molecular flexibility index (Phi) is 8.25. The molecule has 0 saturated carbocycles. The van der Waals surface area contributed by atoms with Crippen molar-refractivity contribution < 1.29 is 42.2 Å². The van der Waals surface area contributed by atoms with Crippen molar-refractivity contribution in [3.63, 3.8) is 0 Å². The largest absolute Gasteiger partial charge is 0.444 e. The molecule has 0 aliphatic rings. The van der Waals surface area contributed by atoms with Gasteiger partial charge >= 0.3 is 6.09 Å². The fourth-order valence-corrected chi connectivity index (χ4v) is 0.621. The van der Waals surface area contributed by atoms with E-state index in [1.54, 1.807) is 0 Å². The molecule has 0 saturated heterocycles. The molecule has 1 radical (unpaired) electrons. The number of carbonyl (C=O) groups is 1. The number of hydrogen-bond acceptors (Lipinski definition) is 2. The van der Waals surface area contributed by atoms with Crippen LogP contribution in [0.4, 0.5) is 4.79 Å². The summed E-state index contributed by atoms with van der Waals surface area (Å²) in [5, 5.41) is 0. The first-order chi connectivity index (χ1) is 5.40. The van der Waals surface area contributed by atoms with Gasteiger partial charge in [-0.15, -0.1) is 13.1 Å². The molecule has 0 spiro atoms. The summed E-state index contributed by atoms with van der Waals surface area (Å²) < 4.78 is 5.09. The van der Waals surface area contributed by atoms with Crippen molar-refractivity contribution in [3.05, 3.63) is 13.8 Å². The van der Waals surface area contributed by atoms with Crippen LogP contribution in [0.15, 0.2) is 0 Å². The standard InChI is InChI=1S/C9H17NO2.Y/c1-6-10(7-2)8(11)12-9(3,4)5;/h1-2,6-7H2,3-5H3;/q-2;. The van der Waals surface area contributed by atoms with Gasteiger partial charge in [-0.05, 0) is 20.8 Å². The topological polar surface area (TPSA) is 29.5 Å². The summed E-state index contributed by atoms with van der Waals surface area (Å²) in [6.45, 7) is 13.4. The smallest absolute Gasteiger partial charge is 0.405 e. The van der Waals surface area contributed by atoms with E-state index in [9.17, 15) is 4.79 Å². The molecule has 13 heavy (non-hydrogen) atoms. The van der Waals surface area contributed by atoms with Gasteiger partial charge in [0, 0.05) is 32.7 Å². The molecule has 0 atom stereocenters. The number of amides is 1. The molecule has 4 heteroatoms.